The van der Waals surface area contributed by atoms with Gasteiger partial charge >= 0.3 is 0 Å². The number of hydrogen-bond acceptors (Lipinski definition) is 3. The van der Waals surface area contributed by atoms with Crippen LogP contribution in [0.4, 0.5) is 0 Å². The molecule has 2 aromatic carbocycles. The third-order valence-electron chi connectivity index (χ3n) is 5.13. The molecule has 5 nitrogen and oxygen atoms in total. The highest BCUT2D eigenvalue weighted by atomic mass is 35.5. The summed E-state index contributed by atoms with van der Waals surface area (Å²) in [4.78, 5) is 12.8. The number of benzene rings is 2. The zero-order chi connectivity index (χ0) is 18.8. The van der Waals surface area contributed by atoms with Gasteiger partial charge in [-0.3, -0.25) is 4.79 Å². The average molecular weight is 397 g/mol. The highest BCUT2D eigenvalue weighted by Crippen LogP contribution is 2.28. The van der Waals surface area contributed by atoms with Gasteiger partial charge in [-0.05, 0) is 43.9 Å². The molecule has 1 amide bonds. The van der Waals surface area contributed by atoms with Crippen LogP contribution in [0.25, 0.3) is 5.69 Å². The van der Waals surface area contributed by atoms with Gasteiger partial charge in [0, 0.05) is 23.8 Å². The molecule has 0 saturated carbocycles. The zero-order valence-corrected chi connectivity index (χ0v) is 16.7. The van der Waals surface area contributed by atoms with E-state index in [-0.39, 0.29) is 24.4 Å². The maximum absolute atomic E-state index is 12.8. The van der Waals surface area contributed by atoms with Gasteiger partial charge in [-0.25, -0.2) is 4.68 Å². The maximum atomic E-state index is 12.8. The van der Waals surface area contributed by atoms with Crippen molar-refractivity contribution in [1.82, 2.24) is 15.1 Å². The van der Waals surface area contributed by atoms with Gasteiger partial charge in [-0.1, -0.05) is 48.0 Å². The smallest absolute Gasteiger partial charge is 0.272 e. The van der Waals surface area contributed by atoms with Crippen LogP contribution >= 0.6 is 12.4 Å². The lowest BCUT2D eigenvalue weighted by Crippen LogP contribution is -2.32. The lowest BCUT2D eigenvalue weighted by atomic mass is 10.1. The van der Waals surface area contributed by atoms with Gasteiger partial charge < -0.3 is 11.1 Å². The molecule has 1 heterocycles. The molecule has 0 fully saturated rings. The summed E-state index contributed by atoms with van der Waals surface area (Å²) in [5, 5.41) is 7.61. The Morgan fingerprint density at radius 2 is 1.86 bits per heavy atom. The number of carbonyl (C=O) groups excluding carboxylic acids is 1. The van der Waals surface area contributed by atoms with Crippen molar-refractivity contribution in [3.8, 4) is 5.69 Å². The molecule has 0 bridgehead atoms. The topological polar surface area (TPSA) is 72.9 Å². The quantitative estimate of drug-likeness (QED) is 0.693. The number of aryl methyl sites for hydroxylation is 1. The Labute approximate surface area is 171 Å². The summed E-state index contributed by atoms with van der Waals surface area (Å²) in [6, 6.07) is 17.8. The maximum Gasteiger partial charge on any atom is 0.272 e. The first-order valence-electron chi connectivity index (χ1n) is 9.40. The summed E-state index contributed by atoms with van der Waals surface area (Å²) < 4.78 is 1.92. The van der Waals surface area contributed by atoms with Crippen molar-refractivity contribution in [3.63, 3.8) is 0 Å². The Bertz CT molecular complexity index is 951. The van der Waals surface area contributed by atoms with Gasteiger partial charge in [0.2, 0.25) is 0 Å². The van der Waals surface area contributed by atoms with E-state index >= 15 is 0 Å². The molecule has 3 N–H and O–H groups in total. The summed E-state index contributed by atoms with van der Waals surface area (Å²) in [7, 11) is 0. The number of hydrogen-bond donors (Lipinski definition) is 2. The Kier molecular flexibility index (Phi) is 6.17. The molecular weight excluding hydrogens is 372 g/mol. The van der Waals surface area contributed by atoms with Crippen LogP contribution in [0.2, 0.25) is 0 Å². The molecule has 0 radical (unpaired) electrons. The van der Waals surface area contributed by atoms with Gasteiger partial charge in [0.1, 0.15) is 0 Å². The van der Waals surface area contributed by atoms with E-state index in [0.717, 1.165) is 41.8 Å². The molecule has 6 heteroatoms. The molecule has 0 aliphatic heterocycles. The Hall–Kier alpha value is -2.63. The zero-order valence-electron chi connectivity index (χ0n) is 15.9. The normalized spacial score (nSPS) is 13.5. The minimum atomic E-state index is -0.234. The fourth-order valence-corrected chi connectivity index (χ4v) is 3.62. The number of amides is 1. The first kappa shape index (κ1) is 20.1. The van der Waals surface area contributed by atoms with Crippen LogP contribution in [0, 0.1) is 6.92 Å². The van der Waals surface area contributed by atoms with Gasteiger partial charge in [0.25, 0.3) is 5.91 Å². The third-order valence-corrected chi connectivity index (χ3v) is 5.13. The molecule has 1 aliphatic rings. The fourth-order valence-electron chi connectivity index (χ4n) is 3.62. The number of nitrogens with one attached hydrogen (secondary N) is 1. The van der Waals surface area contributed by atoms with Crippen molar-refractivity contribution in [3.05, 3.63) is 82.7 Å². The molecule has 1 unspecified atom stereocenters. The minimum Gasteiger partial charge on any atom is -0.349 e. The van der Waals surface area contributed by atoms with Crippen molar-refractivity contribution in [2.75, 3.05) is 6.54 Å². The molecule has 1 aliphatic carbocycles. The summed E-state index contributed by atoms with van der Waals surface area (Å²) in [6.07, 6.45) is 2.91. The van der Waals surface area contributed by atoms with Crippen molar-refractivity contribution >= 4 is 18.3 Å². The van der Waals surface area contributed by atoms with Crippen molar-refractivity contribution in [2.45, 2.75) is 32.2 Å². The van der Waals surface area contributed by atoms with Gasteiger partial charge in [0.05, 0.1) is 5.69 Å². The summed E-state index contributed by atoms with van der Waals surface area (Å²) in [6.45, 7) is 2.45. The lowest BCUT2D eigenvalue weighted by Gasteiger charge is -2.12. The molecule has 3 aromatic rings. The van der Waals surface area contributed by atoms with E-state index in [1.807, 2.05) is 47.1 Å². The van der Waals surface area contributed by atoms with E-state index in [9.17, 15) is 4.79 Å². The number of rotatable bonds is 5. The number of nitrogens with two attached hydrogens (primary N) is 1. The average Bonchev–Trinajstić information content (AvgIpc) is 3.30. The Balaban J connectivity index is 0.00000225. The van der Waals surface area contributed by atoms with Crippen molar-refractivity contribution < 1.29 is 4.79 Å². The monoisotopic (exact) mass is 396 g/mol. The largest absolute Gasteiger partial charge is 0.349 e. The van der Waals surface area contributed by atoms with Crippen LogP contribution in [-0.4, -0.2) is 22.2 Å². The Morgan fingerprint density at radius 3 is 2.57 bits per heavy atom. The molecule has 0 saturated heterocycles. The molecule has 4 rings (SSSR count). The van der Waals surface area contributed by atoms with Crippen LogP contribution < -0.4 is 11.1 Å². The highest BCUT2D eigenvalue weighted by Gasteiger charge is 2.27. The number of nitrogens with zero attached hydrogens (tertiary/aromatic N) is 2. The standard InChI is InChI=1S/C22H24N4O.ClH/c1-15-10-12-17(13-11-15)26-20-9-5-8-18(20)21(25-26)22(27)24-14-19(23)16-6-3-2-4-7-16;/h2-4,6-7,10-13,19H,5,8-9,14,23H2,1H3,(H,24,27);1H. The van der Waals surface area contributed by atoms with Crippen LogP contribution in [0.15, 0.2) is 54.6 Å². The number of aromatic nitrogens is 2. The van der Waals surface area contributed by atoms with Crippen LogP contribution in [0.3, 0.4) is 0 Å². The molecule has 0 spiro atoms. The predicted molar refractivity (Wildman–Crippen MR) is 113 cm³/mol. The predicted octanol–water partition coefficient (Wildman–Crippen LogP) is 3.52. The molecule has 28 heavy (non-hydrogen) atoms. The van der Waals surface area contributed by atoms with Crippen LogP contribution in [-0.2, 0) is 12.8 Å². The van der Waals surface area contributed by atoms with Gasteiger partial charge in [-0.2, -0.15) is 5.10 Å². The van der Waals surface area contributed by atoms with E-state index in [4.69, 9.17) is 5.73 Å². The van der Waals surface area contributed by atoms with E-state index in [1.165, 1.54) is 5.56 Å². The SMILES string of the molecule is Cc1ccc(-n2nc(C(=O)NCC(N)c3ccccc3)c3c2CCC3)cc1.Cl. The van der Waals surface area contributed by atoms with E-state index < -0.39 is 0 Å². The van der Waals surface area contributed by atoms with Crippen molar-refractivity contribution in [1.29, 1.82) is 0 Å². The summed E-state index contributed by atoms with van der Waals surface area (Å²) in [5.74, 6) is -0.148. The Morgan fingerprint density at radius 1 is 1.14 bits per heavy atom. The second kappa shape index (κ2) is 8.59. The first-order chi connectivity index (χ1) is 13.1. The van der Waals surface area contributed by atoms with Crippen molar-refractivity contribution in [2.24, 2.45) is 5.73 Å². The van der Waals surface area contributed by atoms with E-state index in [1.54, 1.807) is 0 Å². The summed E-state index contributed by atoms with van der Waals surface area (Å²) in [5.41, 5.74) is 12.2. The molecule has 146 valence electrons. The highest BCUT2D eigenvalue weighted by molar-refractivity contribution is 5.94. The second-order valence-electron chi connectivity index (χ2n) is 7.10. The van der Waals surface area contributed by atoms with Crippen LogP contribution in [0.1, 0.15) is 45.3 Å². The first-order valence-corrected chi connectivity index (χ1v) is 9.40. The van der Waals surface area contributed by atoms with Gasteiger partial charge in [-0.15, -0.1) is 12.4 Å². The molecular formula is C22H25ClN4O. The van der Waals surface area contributed by atoms with E-state index in [0.29, 0.717) is 12.2 Å². The summed E-state index contributed by atoms with van der Waals surface area (Å²) >= 11 is 0. The number of halogens is 1. The van der Waals surface area contributed by atoms with E-state index in [2.05, 4.69) is 29.5 Å². The number of fused-ring (bicyclic) bond motifs is 1. The number of carbonyl (C=O) groups is 1. The van der Waals surface area contributed by atoms with Gasteiger partial charge in [0.15, 0.2) is 5.69 Å². The fraction of sp³-hybridized carbons (Fsp3) is 0.273. The minimum absolute atomic E-state index is 0. The lowest BCUT2D eigenvalue weighted by molar-refractivity contribution is 0.0945. The van der Waals surface area contributed by atoms with Crippen LogP contribution in [0.5, 0.6) is 0 Å². The molecule has 1 aromatic heterocycles. The second-order valence-corrected chi connectivity index (χ2v) is 7.10. The molecule has 1 atom stereocenters. The third kappa shape index (κ3) is 3.96.